The van der Waals surface area contributed by atoms with E-state index < -0.39 is 0 Å². The molecule has 16 heavy (non-hydrogen) atoms. The van der Waals surface area contributed by atoms with Crippen molar-refractivity contribution in [2.24, 2.45) is 5.92 Å². The molecular formula is C13H18ClNO. The first-order valence-electron chi connectivity index (χ1n) is 5.85. The quantitative estimate of drug-likeness (QED) is 0.858. The standard InChI is InChI=1S/C13H18ClNO/c1-10(16)11-5-7-15(8-6-11)13-4-2-3-12(14)9-13/h2-4,9-11,16H,5-8H2,1H3/t10-/m1/s1. The van der Waals surface area contributed by atoms with E-state index in [9.17, 15) is 5.11 Å². The number of hydrogen-bond acceptors (Lipinski definition) is 2. The maximum atomic E-state index is 9.54. The molecule has 2 rings (SSSR count). The van der Waals surface area contributed by atoms with Crippen LogP contribution in [0.3, 0.4) is 0 Å². The van der Waals surface area contributed by atoms with Crippen molar-refractivity contribution < 1.29 is 5.11 Å². The molecule has 1 aromatic carbocycles. The molecule has 0 spiro atoms. The van der Waals surface area contributed by atoms with Crippen molar-refractivity contribution in [2.75, 3.05) is 18.0 Å². The topological polar surface area (TPSA) is 23.5 Å². The minimum atomic E-state index is -0.179. The first-order chi connectivity index (χ1) is 7.66. The van der Waals surface area contributed by atoms with Crippen molar-refractivity contribution in [1.29, 1.82) is 0 Å². The van der Waals surface area contributed by atoms with Crippen molar-refractivity contribution in [3.63, 3.8) is 0 Å². The average Bonchev–Trinajstić information content (AvgIpc) is 2.29. The molecule has 88 valence electrons. The number of aliphatic hydroxyl groups is 1. The van der Waals surface area contributed by atoms with Gasteiger partial charge in [0.25, 0.3) is 0 Å². The van der Waals surface area contributed by atoms with Crippen LogP contribution in [0.5, 0.6) is 0 Å². The van der Waals surface area contributed by atoms with Gasteiger partial charge in [-0.05, 0) is 43.9 Å². The van der Waals surface area contributed by atoms with Gasteiger partial charge < -0.3 is 10.0 Å². The summed E-state index contributed by atoms with van der Waals surface area (Å²) in [5.74, 6) is 0.454. The third-order valence-electron chi connectivity index (χ3n) is 3.40. The summed E-state index contributed by atoms with van der Waals surface area (Å²) in [7, 11) is 0. The second kappa shape index (κ2) is 5.07. The molecule has 0 amide bonds. The molecule has 3 heteroatoms. The van der Waals surface area contributed by atoms with Gasteiger partial charge in [0.1, 0.15) is 0 Å². The number of rotatable bonds is 2. The molecule has 1 heterocycles. The van der Waals surface area contributed by atoms with Crippen molar-refractivity contribution in [2.45, 2.75) is 25.9 Å². The smallest absolute Gasteiger partial charge is 0.0541 e. The van der Waals surface area contributed by atoms with E-state index >= 15 is 0 Å². The second-order valence-corrected chi connectivity index (χ2v) is 4.98. The van der Waals surface area contributed by atoms with Crippen LogP contribution in [0.4, 0.5) is 5.69 Å². The Balaban J connectivity index is 1.99. The molecule has 1 saturated heterocycles. The lowest BCUT2D eigenvalue weighted by Crippen LogP contribution is -2.36. The van der Waals surface area contributed by atoms with Crippen LogP contribution in [0.15, 0.2) is 24.3 Å². The third kappa shape index (κ3) is 2.69. The van der Waals surface area contributed by atoms with E-state index in [1.807, 2.05) is 25.1 Å². The number of anilines is 1. The summed E-state index contributed by atoms with van der Waals surface area (Å²) in [6, 6.07) is 7.98. The molecule has 0 aromatic heterocycles. The minimum absolute atomic E-state index is 0.179. The third-order valence-corrected chi connectivity index (χ3v) is 3.63. The average molecular weight is 240 g/mol. The molecule has 2 nitrogen and oxygen atoms in total. The van der Waals surface area contributed by atoms with E-state index in [-0.39, 0.29) is 6.10 Å². The molecule has 1 fully saturated rings. The van der Waals surface area contributed by atoms with Gasteiger partial charge in [0.15, 0.2) is 0 Å². The summed E-state index contributed by atoms with van der Waals surface area (Å²) in [6.45, 7) is 3.91. The van der Waals surface area contributed by atoms with Crippen molar-refractivity contribution in [3.8, 4) is 0 Å². The number of piperidine rings is 1. The summed E-state index contributed by atoms with van der Waals surface area (Å²) in [4.78, 5) is 2.34. The number of aliphatic hydroxyl groups excluding tert-OH is 1. The maximum Gasteiger partial charge on any atom is 0.0541 e. The molecule has 0 radical (unpaired) electrons. The van der Waals surface area contributed by atoms with E-state index in [1.54, 1.807) is 0 Å². The Hall–Kier alpha value is -0.730. The zero-order valence-electron chi connectivity index (χ0n) is 9.56. The largest absolute Gasteiger partial charge is 0.393 e. The summed E-state index contributed by atoms with van der Waals surface area (Å²) < 4.78 is 0. The van der Waals surface area contributed by atoms with Gasteiger partial charge in [0.05, 0.1) is 6.10 Å². The monoisotopic (exact) mass is 239 g/mol. The van der Waals surface area contributed by atoms with Gasteiger partial charge >= 0.3 is 0 Å². The number of nitrogens with zero attached hydrogens (tertiary/aromatic N) is 1. The van der Waals surface area contributed by atoms with E-state index in [2.05, 4.69) is 11.0 Å². The van der Waals surface area contributed by atoms with Crippen LogP contribution in [0.25, 0.3) is 0 Å². The number of hydrogen-bond donors (Lipinski definition) is 1. The van der Waals surface area contributed by atoms with Gasteiger partial charge in [0.2, 0.25) is 0 Å². The van der Waals surface area contributed by atoms with Gasteiger partial charge in [-0.1, -0.05) is 17.7 Å². The first kappa shape index (κ1) is 11.7. The molecule has 1 N–H and O–H groups in total. The molecule has 0 unspecified atom stereocenters. The second-order valence-electron chi connectivity index (χ2n) is 4.54. The summed E-state index contributed by atoms with van der Waals surface area (Å²) in [5.41, 5.74) is 1.19. The van der Waals surface area contributed by atoms with Gasteiger partial charge in [-0.3, -0.25) is 0 Å². The van der Waals surface area contributed by atoms with Crippen LogP contribution in [-0.4, -0.2) is 24.3 Å². The lowest BCUT2D eigenvalue weighted by molar-refractivity contribution is 0.110. The van der Waals surface area contributed by atoms with Crippen LogP contribution in [0.2, 0.25) is 5.02 Å². The Labute approximate surface area is 102 Å². The Kier molecular flexibility index (Phi) is 3.72. The fraction of sp³-hybridized carbons (Fsp3) is 0.538. The predicted molar refractivity (Wildman–Crippen MR) is 68.1 cm³/mol. The Morgan fingerprint density at radius 2 is 2.06 bits per heavy atom. The minimum Gasteiger partial charge on any atom is -0.393 e. The molecule has 0 bridgehead atoms. The van der Waals surface area contributed by atoms with Gasteiger partial charge in [-0.15, -0.1) is 0 Å². The highest BCUT2D eigenvalue weighted by molar-refractivity contribution is 6.30. The molecule has 0 aliphatic carbocycles. The molecule has 0 saturated carbocycles. The summed E-state index contributed by atoms with van der Waals surface area (Å²) >= 11 is 5.98. The summed E-state index contributed by atoms with van der Waals surface area (Å²) in [5, 5.41) is 10.3. The fourth-order valence-electron chi connectivity index (χ4n) is 2.31. The van der Waals surface area contributed by atoms with Gasteiger partial charge in [-0.2, -0.15) is 0 Å². The van der Waals surface area contributed by atoms with E-state index in [1.165, 1.54) is 5.69 Å². The first-order valence-corrected chi connectivity index (χ1v) is 6.23. The highest BCUT2D eigenvalue weighted by Gasteiger charge is 2.22. The Morgan fingerprint density at radius 3 is 2.62 bits per heavy atom. The van der Waals surface area contributed by atoms with Gasteiger partial charge in [-0.25, -0.2) is 0 Å². The van der Waals surface area contributed by atoms with E-state index in [0.717, 1.165) is 31.0 Å². The molecule has 1 aromatic rings. The highest BCUT2D eigenvalue weighted by Crippen LogP contribution is 2.26. The maximum absolute atomic E-state index is 9.54. The van der Waals surface area contributed by atoms with Crippen LogP contribution < -0.4 is 4.90 Å². The normalized spacial score (nSPS) is 19.8. The Bertz CT molecular complexity index is 346. The van der Waals surface area contributed by atoms with Crippen LogP contribution >= 0.6 is 11.6 Å². The lowest BCUT2D eigenvalue weighted by Gasteiger charge is -2.34. The van der Waals surface area contributed by atoms with Crippen LogP contribution in [0.1, 0.15) is 19.8 Å². The SMILES string of the molecule is C[C@@H](O)C1CCN(c2cccc(Cl)c2)CC1. The van der Waals surface area contributed by atoms with Gasteiger partial charge in [0, 0.05) is 23.8 Å². The molecular weight excluding hydrogens is 222 g/mol. The Morgan fingerprint density at radius 1 is 1.38 bits per heavy atom. The summed E-state index contributed by atoms with van der Waals surface area (Å²) in [6.07, 6.45) is 1.94. The lowest BCUT2D eigenvalue weighted by atomic mass is 9.92. The number of halogens is 1. The number of benzene rings is 1. The van der Waals surface area contributed by atoms with Crippen molar-refractivity contribution in [3.05, 3.63) is 29.3 Å². The fourth-order valence-corrected chi connectivity index (χ4v) is 2.50. The molecule has 1 atom stereocenters. The van der Waals surface area contributed by atoms with E-state index in [4.69, 9.17) is 11.6 Å². The van der Waals surface area contributed by atoms with Crippen LogP contribution in [-0.2, 0) is 0 Å². The van der Waals surface area contributed by atoms with Crippen LogP contribution in [0, 0.1) is 5.92 Å². The van der Waals surface area contributed by atoms with E-state index in [0.29, 0.717) is 5.92 Å². The van der Waals surface area contributed by atoms with Crippen molar-refractivity contribution >= 4 is 17.3 Å². The molecule has 1 aliphatic rings. The van der Waals surface area contributed by atoms with Crippen molar-refractivity contribution in [1.82, 2.24) is 0 Å². The highest BCUT2D eigenvalue weighted by atomic mass is 35.5. The zero-order valence-corrected chi connectivity index (χ0v) is 10.3. The predicted octanol–water partition coefficient (Wildman–Crippen LogP) is 2.94. The molecule has 1 aliphatic heterocycles. The zero-order chi connectivity index (χ0) is 11.5.